The topological polar surface area (TPSA) is 59.5 Å². The van der Waals surface area contributed by atoms with Gasteiger partial charge in [-0.3, -0.25) is 0 Å². The predicted octanol–water partition coefficient (Wildman–Crippen LogP) is 3.08. The zero-order chi connectivity index (χ0) is 15.9. The molecule has 0 saturated carbocycles. The monoisotopic (exact) mass is 302 g/mol. The molecule has 6 heteroatoms. The van der Waals surface area contributed by atoms with Gasteiger partial charge < -0.3 is 19.7 Å². The Morgan fingerprint density at radius 1 is 1.05 bits per heavy atom. The first-order chi connectivity index (χ1) is 10.7. The predicted molar refractivity (Wildman–Crippen MR) is 88.4 cm³/mol. The van der Waals surface area contributed by atoms with Gasteiger partial charge in [0.2, 0.25) is 0 Å². The standard InChI is InChI=1S/C16H22N4O2/c1-5-20(6-2)16-10-15(17-11-18-16)19-13-8-7-12(21-3)9-14(13)22-4/h7-11H,5-6H2,1-4H3,(H,17,18,19). The average Bonchev–Trinajstić information content (AvgIpc) is 2.57. The van der Waals surface area contributed by atoms with Gasteiger partial charge in [0.1, 0.15) is 29.5 Å². The molecular formula is C16H22N4O2. The van der Waals surface area contributed by atoms with Crippen molar-refractivity contribution in [3.05, 3.63) is 30.6 Å². The largest absolute Gasteiger partial charge is 0.497 e. The first kappa shape index (κ1) is 15.9. The Labute approximate surface area is 131 Å². The summed E-state index contributed by atoms with van der Waals surface area (Å²) < 4.78 is 10.6. The summed E-state index contributed by atoms with van der Waals surface area (Å²) in [6.45, 7) is 6.01. The second-order valence-electron chi connectivity index (χ2n) is 4.62. The number of hydrogen-bond donors (Lipinski definition) is 1. The summed E-state index contributed by atoms with van der Waals surface area (Å²) in [6.07, 6.45) is 1.56. The SMILES string of the molecule is CCN(CC)c1cc(Nc2ccc(OC)cc2OC)ncn1. The number of methoxy groups -OCH3 is 2. The maximum atomic E-state index is 5.38. The molecule has 0 bridgehead atoms. The van der Waals surface area contributed by atoms with E-state index in [-0.39, 0.29) is 0 Å². The highest BCUT2D eigenvalue weighted by Gasteiger charge is 2.08. The molecule has 0 aliphatic carbocycles. The number of nitrogens with zero attached hydrogens (tertiary/aromatic N) is 3. The Morgan fingerprint density at radius 2 is 1.82 bits per heavy atom. The van der Waals surface area contributed by atoms with E-state index in [4.69, 9.17) is 9.47 Å². The summed E-state index contributed by atoms with van der Waals surface area (Å²) in [5.74, 6) is 3.06. The van der Waals surface area contributed by atoms with Gasteiger partial charge in [0.25, 0.3) is 0 Å². The smallest absolute Gasteiger partial charge is 0.146 e. The lowest BCUT2D eigenvalue weighted by molar-refractivity contribution is 0.395. The van der Waals surface area contributed by atoms with Crippen molar-refractivity contribution in [2.75, 3.05) is 37.5 Å². The molecule has 1 N–H and O–H groups in total. The second-order valence-corrected chi connectivity index (χ2v) is 4.62. The maximum absolute atomic E-state index is 5.38. The van der Waals surface area contributed by atoms with Gasteiger partial charge in [-0.25, -0.2) is 9.97 Å². The van der Waals surface area contributed by atoms with E-state index in [0.29, 0.717) is 5.75 Å². The van der Waals surface area contributed by atoms with E-state index < -0.39 is 0 Å². The molecule has 1 aromatic carbocycles. The molecule has 2 aromatic rings. The van der Waals surface area contributed by atoms with Crippen molar-refractivity contribution in [2.45, 2.75) is 13.8 Å². The lowest BCUT2D eigenvalue weighted by atomic mass is 10.2. The minimum Gasteiger partial charge on any atom is -0.497 e. The van der Waals surface area contributed by atoms with E-state index in [9.17, 15) is 0 Å². The van der Waals surface area contributed by atoms with Gasteiger partial charge >= 0.3 is 0 Å². The van der Waals surface area contributed by atoms with Gasteiger partial charge in [-0.2, -0.15) is 0 Å². The third-order valence-electron chi connectivity index (χ3n) is 3.41. The summed E-state index contributed by atoms with van der Waals surface area (Å²) in [5.41, 5.74) is 0.826. The normalized spacial score (nSPS) is 10.2. The van der Waals surface area contributed by atoms with Crippen LogP contribution in [0.3, 0.4) is 0 Å². The molecule has 6 nitrogen and oxygen atoms in total. The summed E-state index contributed by atoms with van der Waals surface area (Å²) in [4.78, 5) is 10.7. The van der Waals surface area contributed by atoms with Crippen molar-refractivity contribution in [1.82, 2.24) is 9.97 Å². The number of rotatable bonds is 7. The molecule has 1 heterocycles. The molecule has 22 heavy (non-hydrogen) atoms. The van der Waals surface area contributed by atoms with Crippen LogP contribution < -0.4 is 19.7 Å². The van der Waals surface area contributed by atoms with Crippen LogP contribution in [-0.4, -0.2) is 37.3 Å². The van der Waals surface area contributed by atoms with Crippen LogP contribution in [0.5, 0.6) is 11.5 Å². The molecule has 118 valence electrons. The Hall–Kier alpha value is -2.50. The van der Waals surface area contributed by atoms with E-state index >= 15 is 0 Å². The van der Waals surface area contributed by atoms with E-state index in [1.807, 2.05) is 24.3 Å². The number of ether oxygens (including phenoxy) is 2. The molecule has 1 aromatic heterocycles. The molecule has 0 fully saturated rings. The average molecular weight is 302 g/mol. The van der Waals surface area contributed by atoms with Crippen molar-refractivity contribution >= 4 is 17.3 Å². The lowest BCUT2D eigenvalue weighted by Gasteiger charge is -2.20. The summed E-state index contributed by atoms with van der Waals surface area (Å²) in [6, 6.07) is 7.53. The van der Waals surface area contributed by atoms with Gasteiger partial charge in [-0.05, 0) is 26.0 Å². The summed E-state index contributed by atoms with van der Waals surface area (Å²) in [5, 5.41) is 3.26. The number of hydrogen-bond acceptors (Lipinski definition) is 6. The fraction of sp³-hybridized carbons (Fsp3) is 0.375. The van der Waals surface area contributed by atoms with Crippen molar-refractivity contribution < 1.29 is 9.47 Å². The van der Waals surface area contributed by atoms with Gasteiger partial charge in [0.05, 0.1) is 19.9 Å². The molecule has 0 atom stereocenters. The van der Waals surface area contributed by atoms with E-state index in [1.54, 1.807) is 20.5 Å². The zero-order valence-corrected chi connectivity index (χ0v) is 13.5. The number of aromatic nitrogens is 2. The molecule has 0 aliphatic heterocycles. The van der Waals surface area contributed by atoms with Gasteiger partial charge in [-0.1, -0.05) is 0 Å². The van der Waals surface area contributed by atoms with Crippen LogP contribution in [0.2, 0.25) is 0 Å². The van der Waals surface area contributed by atoms with Crippen LogP contribution in [0.1, 0.15) is 13.8 Å². The highest BCUT2D eigenvalue weighted by molar-refractivity contribution is 5.67. The molecular weight excluding hydrogens is 280 g/mol. The van der Waals surface area contributed by atoms with Crippen LogP contribution in [0.4, 0.5) is 17.3 Å². The molecule has 0 unspecified atom stereocenters. The molecule has 2 rings (SSSR count). The van der Waals surface area contributed by atoms with Crippen molar-refractivity contribution in [2.24, 2.45) is 0 Å². The first-order valence-corrected chi connectivity index (χ1v) is 7.27. The van der Waals surface area contributed by atoms with Gasteiger partial charge in [-0.15, -0.1) is 0 Å². The van der Waals surface area contributed by atoms with Crippen molar-refractivity contribution in [1.29, 1.82) is 0 Å². The molecule has 0 amide bonds. The third-order valence-corrected chi connectivity index (χ3v) is 3.41. The molecule has 0 radical (unpaired) electrons. The van der Waals surface area contributed by atoms with E-state index in [0.717, 1.165) is 36.2 Å². The fourth-order valence-corrected chi connectivity index (χ4v) is 2.18. The number of nitrogens with one attached hydrogen (secondary N) is 1. The van der Waals surface area contributed by atoms with Gasteiger partial charge in [0.15, 0.2) is 0 Å². The Balaban J connectivity index is 2.25. The quantitative estimate of drug-likeness (QED) is 0.848. The van der Waals surface area contributed by atoms with E-state index in [2.05, 4.69) is 34.0 Å². The lowest BCUT2D eigenvalue weighted by Crippen LogP contribution is -2.23. The van der Waals surface area contributed by atoms with Gasteiger partial charge in [0, 0.05) is 25.2 Å². The Kier molecular flexibility index (Phi) is 5.41. The number of benzene rings is 1. The minimum atomic E-state index is 0.697. The van der Waals surface area contributed by atoms with E-state index in [1.165, 1.54) is 0 Å². The Morgan fingerprint density at radius 3 is 2.45 bits per heavy atom. The van der Waals surface area contributed by atoms with Crippen molar-refractivity contribution in [3.8, 4) is 11.5 Å². The number of anilines is 3. The minimum absolute atomic E-state index is 0.697. The maximum Gasteiger partial charge on any atom is 0.146 e. The first-order valence-electron chi connectivity index (χ1n) is 7.27. The van der Waals surface area contributed by atoms with Crippen LogP contribution in [0.15, 0.2) is 30.6 Å². The highest BCUT2D eigenvalue weighted by atomic mass is 16.5. The molecule has 0 aliphatic rings. The molecule has 0 saturated heterocycles. The summed E-state index contributed by atoms with van der Waals surface area (Å²) in [7, 11) is 3.25. The third kappa shape index (κ3) is 3.58. The zero-order valence-electron chi connectivity index (χ0n) is 13.5. The summed E-state index contributed by atoms with van der Waals surface area (Å²) >= 11 is 0. The second kappa shape index (κ2) is 7.49. The van der Waals surface area contributed by atoms with Crippen molar-refractivity contribution in [3.63, 3.8) is 0 Å². The van der Waals surface area contributed by atoms with Crippen LogP contribution in [0, 0.1) is 0 Å². The van der Waals surface area contributed by atoms with Crippen LogP contribution in [-0.2, 0) is 0 Å². The molecule has 0 spiro atoms. The van der Waals surface area contributed by atoms with Crippen LogP contribution >= 0.6 is 0 Å². The van der Waals surface area contributed by atoms with Crippen LogP contribution in [0.25, 0.3) is 0 Å². The fourth-order valence-electron chi connectivity index (χ4n) is 2.18. The Bertz CT molecular complexity index is 615. The highest BCUT2D eigenvalue weighted by Crippen LogP contribution is 2.31.